The summed E-state index contributed by atoms with van der Waals surface area (Å²) in [6.07, 6.45) is 3.45. The van der Waals surface area contributed by atoms with Crippen LogP contribution in [0.3, 0.4) is 0 Å². The Morgan fingerprint density at radius 3 is 2.56 bits per heavy atom. The van der Waals surface area contributed by atoms with Crippen molar-refractivity contribution in [1.82, 2.24) is 9.55 Å². The maximum atomic E-state index is 13.3. The van der Waals surface area contributed by atoms with E-state index in [4.69, 9.17) is 11.6 Å². The molecule has 0 bridgehead atoms. The van der Waals surface area contributed by atoms with E-state index in [1.54, 1.807) is 30.6 Å². The van der Waals surface area contributed by atoms with Crippen molar-refractivity contribution in [2.24, 2.45) is 7.05 Å². The molecule has 0 saturated heterocycles. The first-order chi connectivity index (χ1) is 12.0. The summed E-state index contributed by atoms with van der Waals surface area (Å²) in [5, 5.41) is 14.3. The first-order valence-electron chi connectivity index (χ1n) is 7.39. The van der Waals surface area contributed by atoms with Crippen molar-refractivity contribution in [1.29, 1.82) is 0 Å². The van der Waals surface area contributed by atoms with Crippen molar-refractivity contribution in [3.05, 3.63) is 87.2 Å². The molecule has 0 unspecified atom stereocenters. The summed E-state index contributed by atoms with van der Waals surface area (Å²) >= 11 is 6.18. The molecule has 128 valence electrons. The zero-order valence-corrected chi connectivity index (χ0v) is 13.9. The Hall–Kier alpha value is -2.93. The number of aromatic nitrogens is 2. The number of nitro groups is 1. The van der Waals surface area contributed by atoms with Crippen molar-refractivity contribution >= 4 is 23.0 Å². The van der Waals surface area contributed by atoms with Crippen LogP contribution in [0.5, 0.6) is 0 Å². The van der Waals surface area contributed by atoms with Crippen LogP contribution < -0.4 is 5.32 Å². The molecule has 1 N–H and O–H groups in total. The first kappa shape index (κ1) is 16.9. The minimum absolute atomic E-state index is 0.0918. The maximum Gasteiger partial charge on any atom is 0.271 e. The van der Waals surface area contributed by atoms with Gasteiger partial charge in [0.15, 0.2) is 0 Å². The van der Waals surface area contributed by atoms with Crippen LogP contribution in [0, 0.1) is 15.9 Å². The predicted molar refractivity (Wildman–Crippen MR) is 93.2 cm³/mol. The van der Waals surface area contributed by atoms with Crippen LogP contribution >= 0.6 is 11.6 Å². The van der Waals surface area contributed by atoms with Crippen LogP contribution in [0.25, 0.3) is 0 Å². The van der Waals surface area contributed by atoms with E-state index in [0.717, 1.165) is 5.56 Å². The van der Waals surface area contributed by atoms with Crippen LogP contribution in [-0.2, 0) is 7.05 Å². The monoisotopic (exact) mass is 360 g/mol. The van der Waals surface area contributed by atoms with E-state index in [0.29, 0.717) is 11.5 Å². The van der Waals surface area contributed by atoms with E-state index in [2.05, 4.69) is 10.3 Å². The molecule has 0 spiro atoms. The number of imidazole rings is 1. The lowest BCUT2D eigenvalue weighted by atomic mass is 10.1. The number of anilines is 1. The zero-order valence-electron chi connectivity index (χ0n) is 13.2. The molecule has 1 atom stereocenters. The maximum absolute atomic E-state index is 13.3. The molecule has 3 rings (SSSR count). The van der Waals surface area contributed by atoms with E-state index in [1.807, 2.05) is 11.6 Å². The Labute approximate surface area is 148 Å². The molecule has 0 radical (unpaired) electrons. The van der Waals surface area contributed by atoms with Crippen molar-refractivity contribution in [2.75, 3.05) is 5.32 Å². The van der Waals surface area contributed by atoms with Gasteiger partial charge in [-0.1, -0.05) is 23.7 Å². The zero-order chi connectivity index (χ0) is 18.0. The van der Waals surface area contributed by atoms with Crippen molar-refractivity contribution < 1.29 is 9.31 Å². The van der Waals surface area contributed by atoms with E-state index in [-0.39, 0.29) is 16.5 Å². The van der Waals surface area contributed by atoms with Gasteiger partial charge in [-0.2, -0.15) is 0 Å². The average Bonchev–Trinajstić information content (AvgIpc) is 3.00. The summed E-state index contributed by atoms with van der Waals surface area (Å²) in [5.41, 5.74) is 1.21. The van der Waals surface area contributed by atoms with Gasteiger partial charge >= 0.3 is 0 Å². The van der Waals surface area contributed by atoms with Crippen molar-refractivity contribution in [2.45, 2.75) is 6.04 Å². The minimum atomic E-state index is -0.508. The fraction of sp³-hybridized carbons (Fsp3) is 0.118. The Balaban J connectivity index is 2.00. The van der Waals surface area contributed by atoms with Gasteiger partial charge in [-0.3, -0.25) is 10.1 Å². The molecule has 0 aliphatic rings. The lowest BCUT2D eigenvalue weighted by Crippen LogP contribution is -2.17. The number of nitro benzene ring substituents is 1. The van der Waals surface area contributed by atoms with Gasteiger partial charge in [0.2, 0.25) is 0 Å². The molecule has 1 heterocycles. The smallest absolute Gasteiger partial charge is 0.271 e. The molecule has 2 aromatic carbocycles. The van der Waals surface area contributed by atoms with E-state index >= 15 is 0 Å². The lowest BCUT2D eigenvalue weighted by molar-refractivity contribution is -0.384. The van der Waals surface area contributed by atoms with Crippen LogP contribution in [0.1, 0.15) is 17.4 Å². The standard InChI is InChI=1S/C17H14ClFN4O2/c1-22-9-8-20-17(22)16(11-2-4-12(19)5-3-11)21-15-7-6-13(23(24)25)10-14(15)18/h2-10,16,21H,1H3/t16-/m0/s1. The number of halogens is 2. The van der Waals surface area contributed by atoms with E-state index in [1.165, 1.54) is 24.3 Å². The highest BCUT2D eigenvalue weighted by molar-refractivity contribution is 6.33. The molecule has 1 aromatic heterocycles. The van der Waals surface area contributed by atoms with Crippen LogP contribution in [0.15, 0.2) is 54.9 Å². The summed E-state index contributed by atoms with van der Waals surface area (Å²) in [6, 6.07) is 9.83. The summed E-state index contributed by atoms with van der Waals surface area (Å²) in [4.78, 5) is 14.7. The molecule has 8 heteroatoms. The first-order valence-corrected chi connectivity index (χ1v) is 7.76. The fourth-order valence-electron chi connectivity index (χ4n) is 2.50. The largest absolute Gasteiger partial charge is 0.370 e. The van der Waals surface area contributed by atoms with Crippen molar-refractivity contribution in [3.8, 4) is 0 Å². The second kappa shape index (κ2) is 6.90. The number of aryl methyl sites for hydroxylation is 1. The third kappa shape index (κ3) is 3.61. The topological polar surface area (TPSA) is 73.0 Å². The number of non-ortho nitro benzene ring substituents is 1. The summed E-state index contributed by atoms with van der Waals surface area (Å²) in [6.45, 7) is 0. The second-order valence-electron chi connectivity index (χ2n) is 5.45. The van der Waals surface area contributed by atoms with Gasteiger partial charge in [-0.25, -0.2) is 9.37 Å². The average molecular weight is 361 g/mol. The molecule has 3 aromatic rings. The van der Waals surface area contributed by atoms with Crippen LogP contribution in [0.2, 0.25) is 5.02 Å². The Morgan fingerprint density at radius 2 is 2.00 bits per heavy atom. The predicted octanol–water partition coefficient (Wildman–Crippen LogP) is 4.32. The molecule has 25 heavy (non-hydrogen) atoms. The SMILES string of the molecule is Cn1ccnc1[C@@H](Nc1ccc([N+](=O)[O-])cc1Cl)c1ccc(F)cc1. The highest BCUT2D eigenvalue weighted by Crippen LogP contribution is 2.32. The van der Waals surface area contributed by atoms with Crippen molar-refractivity contribution in [3.63, 3.8) is 0 Å². The molecule has 0 fully saturated rings. The molecular formula is C17H14ClFN4O2. The van der Waals surface area contributed by atoms with Gasteiger partial charge in [-0.15, -0.1) is 0 Å². The van der Waals surface area contributed by atoms with E-state index < -0.39 is 11.0 Å². The van der Waals surface area contributed by atoms with Gasteiger partial charge in [0.1, 0.15) is 17.7 Å². The number of hydrogen-bond acceptors (Lipinski definition) is 4. The highest BCUT2D eigenvalue weighted by Gasteiger charge is 2.20. The number of nitrogens with one attached hydrogen (secondary N) is 1. The minimum Gasteiger partial charge on any atom is -0.370 e. The van der Waals surface area contributed by atoms with Gasteiger partial charge in [-0.05, 0) is 23.8 Å². The van der Waals surface area contributed by atoms with Crippen LogP contribution in [-0.4, -0.2) is 14.5 Å². The van der Waals surface area contributed by atoms with Gasteiger partial charge in [0.25, 0.3) is 5.69 Å². The van der Waals surface area contributed by atoms with Gasteiger partial charge in [0.05, 0.1) is 15.6 Å². The molecule has 0 amide bonds. The third-order valence-electron chi connectivity index (χ3n) is 3.78. The quantitative estimate of drug-likeness (QED) is 0.543. The lowest BCUT2D eigenvalue weighted by Gasteiger charge is -2.21. The molecule has 0 aliphatic carbocycles. The molecule has 6 nitrogen and oxygen atoms in total. The van der Waals surface area contributed by atoms with Crippen LogP contribution in [0.4, 0.5) is 15.8 Å². The fourth-order valence-corrected chi connectivity index (χ4v) is 2.73. The second-order valence-corrected chi connectivity index (χ2v) is 5.85. The Kier molecular flexibility index (Phi) is 4.67. The molecule has 0 aliphatic heterocycles. The molecule has 0 saturated carbocycles. The Bertz CT molecular complexity index is 911. The summed E-state index contributed by atoms with van der Waals surface area (Å²) in [7, 11) is 1.85. The number of rotatable bonds is 5. The summed E-state index contributed by atoms with van der Waals surface area (Å²) in [5.74, 6) is 0.358. The van der Waals surface area contributed by atoms with Gasteiger partial charge < -0.3 is 9.88 Å². The normalized spacial score (nSPS) is 12.0. The number of nitrogens with zero attached hydrogens (tertiary/aromatic N) is 3. The number of hydrogen-bond donors (Lipinski definition) is 1. The Morgan fingerprint density at radius 1 is 1.28 bits per heavy atom. The third-order valence-corrected chi connectivity index (χ3v) is 4.10. The molecular weight excluding hydrogens is 347 g/mol. The highest BCUT2D eigenvalue weighted by atomic mass is 35.5. The number of benzene rings is 2. The van der Waals surface area contributed by atoms with E-state index in [9.17, 15) is 14.5 Å². The summed E-state index contributed by atoms with van der Waals surface area (Å²) < 4.78 is 15.1. The van der Waals surface area contributed by atoms with Gasteiger partial charge in [0, 0.05) is 31.6 Å².